The van der Waals surface area contributed by atoms with Crippen molar-refractivity contribution in [1.29, 1.82) is 0 Å². The fourth-order valence-corrected chi connectivity index (χ4v) is 2.81. The Bertz CT molecular complexity index is 997. The number of aromatic nitrogens is 4. The van der Waals surface area contributed by atoms with E-state index < -0.39 is 11.7 Å². The van der Waals surface area contributed by atoms with Crippen LogP contribution in [0.1, 0.15) is 32.2 Å². The third-order valence-corrected chi connectivity index (χ3v) is 3.97. The molecular weight excluding hydrogens is 364 g/mol. The van der Waals surface area contributed by atoms with Gasteiger partial charge < -0.3 is 9.88 Å². The van der Waals surface area contributed by atoms with E-state index in [1.807, 2.05) is 6.92 Å². The van der Waals surface area contributed by atoms with E-state index in [4.69, 9.17) is 11.6 Å². The molecule has 26 heavy (non-hydrogen) atoms. The number of carbonyl (C=O) groups is 1. The lowest BCUT2D eigenvalue weighted by atomic mass is 10.2. The number of nitrogens with zero attached hydrogens (tertiary/aromatic N) is 4. The van der Waals surface area contributed by atoms with Gasteiger partial charge in [0.25, 0.3) is 0 Å². The van der Waals surface area contributed by atoms with Crippen molar-refractivity contribution in [1.82, 2.24) is 19.5 Å². The quantitative estimate of drug-likeness (QED) is 0.692. The van der Waals surface area contributed by atoms with Crippen molar-refractivity contribution in [3.8, 4) is 5.82 Å². The van der Waals surface area contributed by atoms with Crippen molar-refractivity contribution in [2.24, 2.45) is 0 Å². The number of hydrogen-bond acceptors (Lipinski definition) is 4. The average Bonchev–Trinajstić information content (AvgIpc) is 2.91. The van der Waals surface area contributed by atoms with Crippen molar-refractivity contribution in [3.63, 3.8) is 0 Å². The third-order valence-electron chi connectivity index (χ3n) is 3.78. The smallest absolute Gasteiger partial charge is 0.303 e. The predicted octanol–water partition coefficient (Wildman–Crippen LogP) is 4.10. The highest BCUT2D eigenvalue weighted by molar-refractivity contribution is 6.29. The molecule has 1 amide bonds. The van der Waals surface area contributed by atoms with E-state index in [9.17, 15) is 13.6 Å². The molecule has 3 rings (SSSR count). The van der Waals surface area contributed by atoms with Crippen LogP contribution in [0.15, 0.2) is 24.5 Å². The summed E-state index contributed by atoms with van der Waals surface area (Å²) in [6, 6.07) is 3.07. The minimum absolute atomic E-state index is 0.0810. The van der Waals surface area contributed by atoms with Crippen molar-refractivity contribution in [2.75, 3.05) is 5.32 Å². The second-order valence-electron chi connectivity index (χ2n) is 5.91. The van der Waals surface area contributed by atoms with Crippen LogP contribution in [0.4, 0.5) is 14.6 Å². The number of alkyl halides is 2. The van der Waals surface area contributed by atoms with Crippen molar-refractivity contribution in [2.45, 2.75) is 33.1 Å². The highest BCUT2D eigenvalue weighted by Gasteiger charge is 2.29. The maximum Gasteiger partial charge on any atom is 0.303 e. The fraction of sp³-hybridized carbons (Fsp3) is 0.294. The molecule has 0 radical (unpaired) electrons. The number of carbonyl (C=O) groups excluding carboxylic acids is 1. The molecule has 3 heterocycles. The van der Waals surface area contributed by atoms with E-state index in [-0.39, 0.29) is 16.9 Å². The summed E-state index contributed by atoms with van der Waals surface area (Å²) in [5.74, 6) is -3.57. The topological polar surface area (TPSA) is 72.7 Å². The Hall–Kier alpha value is -2.61. The Morgan fingerprint density at radius 2 is 2.08 bits per heavy atom. The summed E-state index contributed by atoms with van der Waals surface area (Å²) in [5.41, 5.74) is 1.63. The van der Waals surface area contributed by atoms with Gasteiger partial charge in [-0.1, -0.05) is 18.5 Å². The van der Waals surface area contributed by atoms with Gasteiger partial charge in [-0.25, -0.2) is 15.0 Å². The number of halogens is 3. The number of fused-ring (bicyclic) bond motifs is 1. The Labute approximate surface area is 153 Å². The standard InChI is InChI=1S/C17H16ClF2N5O/c1-4-10-8-25(12-5-14(22-9(2)26)21-7-11(10)12)15-6-13(18)23-16(24-15)17(3,19)20/h5-8H,4H2,1-3H3,(H,21,22,26). The Kier molecular flexibility index (Phi) is 4.62. The summed E-state index contributed by atoms with van der Waals surface area (Å²) in [7, 11) is 0. The van der Waals surface area contributed by atoms with Gasteiger partial charge in [0.1, 0.15) is 16.8 Å². The average molecular weight is 380 g/mol. The molecular formula is C17H16ClF2N5O. The molecule has 1 N–H and O–H groups in total. The summed E-state index contributed by atoms with van der Waals surface area (Å²) >= 11 is 5.93. The van der Waals surface area contributed by atoms with Crippen LogP contribution < -0.4 is 5.32 Å². The Morgan fingerprint density at radius 3 is 2.69 bits per heavy atom. The van der Waals surface area contributed by atoms with Crippen LogP contribution in [0.5, 0.6) is 0 Å². The van der Waals surface area contributed by atoms with E-state index in [1.165, 1.54) is 13.0 Å². The van der Waals surface area contributed by atoms with Crippen LogP contribution in [-0.4, -0.2) is 25.4 Å². The second-order valence-corrected chi connectivity index (χ2v) is 6.29. The number of hydrogen-bond donors (Lipinski definition) is 1. The van der Waals surface area contributed by atoms with E-state index in [2.05, 4.69) is 20.3 Å². The molecule has 0 aliphatic carbocycles. The molecule has 0 aromatic carbocycles. The van der Waals surface area contributed by atoms with Crippen LogP contribution in [0.2, 0.25) is 5.15 Å². The number of aryl methyl sites for hydroxylation is 1. The molecule has 136 valence electrons. The van der Waals surface area contributed by atoms with Crippen molar-refractivity contribution < 1.29 is 13.6 Å². The second kappa shape index (κ2) is 6.60. The summed E-state index contributed by atoms with van der Waals surface area (Å²) in [5, 5.41) is 3.36. The van der Waals surface area contributed by atoms with Crippen molar-refractivity contribution in [3.05, 3.63) is 41.1 Å². The third kappa shape index (κ3) is 3.50. The van der Waals surface area contributed by atoms with Crippen LogP contribution in [-0.2, 0) is 17.1 Å². The number of rotatable bonds is 4. The minimum Gasteiger partial charge on any atom is -0.311 e. The largest absolute Gasteiger partial charge is 0.311 e. The van der Waals surface area contributed by atoms with Gasteiger partial charge in [0, 0.05) is 43.8 Å². The highest BCUT2D eigenvalue weighted by Crippen LogP contribution is 2.29. The molecule has 0 spiro atoms. The monoisotopic (exact) mass is 379 g/mol. The van der Waals surface area contributed by atoms with Crippen LogP contribution in [0, 0.1) is 0 Å². The lowest BCUT2D eigenvalue weighted by molar-refractivity contribution is -0.114. The molecule has 9 heteroatoms. The minimum atomic E-state index is -3.22. The molecule has 6 nitrogen and oxygen atoms in total. The van der Waals surface area contributed by atoms with Gasteiger partial charge in [0.15, 0.2) is 0 Å². The van der Waals surface area contributed by atoms with Gasteiger partial charge in [-0.3, -0.25) is 4.79 Å². The highest BCUT2D eigenvalue weighted by atomic mass is 35.5. The first-order valence-corrected chi connectivity index (χ1v) is 8.27. The number of anilines is 1. The van der Waals surface area contributed by atoms with E-state index in [1.54, 1.807) is 23.0 Å². The van der Waals surface area contributed by atoms with E-state index in [0.29, 0.717) is 24.7 Å². The van der Waals surface area contributed by atoms with Gasteiger partial charge in [-0.05, 0) is 12.0 Å². The maximum atomic E-state index is 13.7. The molecule has 3 aromatic rings. The molecule has 0 atom stereocenters. The normalized spacial score (nSPS) is 11.8. The molecule has 3 aromatic heterocycles. The summed E-state index contributed by atoms with van der Waals surface area (Å²) in [4.78, 5) is 23.1. The lowest BCUT2D eigenvalue weighted by Gasteiger charge is -2.12. The molecule has 0 unspecified atom stereocenters. The summed E-state index contributed by atoms with van der Waals surface area (Å²) in [6.07, 6.45) is 4.13. The number of nitrogens with one attached hydrogen (secondary N) is 1. The molecule has 0 fully saturated rings. The Balaban J connectivity index is 2.24. The lowest BCUT2D eigenvalue weighted by Crippen LogP contribution is -2.14. The van der Waals surface area contributed by atoms with Crippen molar-refractivity contribution >= 4 is 34.2 Å². The Morgan fingerprint density at radius 1 is 1.35 bits per heavy atom. The first-order chi connectivity index (χ1) is 12.2. The zero-order valence-electron chi connectivity index (χ0n) is 14.3. The zero-order chi connectivity index (χ0) is 19.1. The van der Waals surface area contributed by atoms with Crippen LogP contribution >= 0.6 is 11.6 Å². The zero-order valence-corrected chi connectivity index (χ0v) is 15.1. The van der Waals surface area contributed by atoms with E-state index >= 15 is 0 Å². The summed E-state index contributed by atoms with van der Waals surface area (Å²) < 4.78 is 29.0. The molecule has 0 aliphatic heterocycles. The SMILES string of the molecule is CCc1cn(-c2cc(Cl)nc(C(C)(F)F)n2)c2cc(NC(C)=O)ncc12. The maximum absolute atomic E-state index is 13.7. The van der Waals surface area contributed by atoms with Gasteiger partial charge in [0.05, 0.1) is 5.52 Å². The summed E-state index contributed by atoms with van der Waals surface area (Å²) in [6.45, 7) is 4.06. The number of amides is 1. The van der Waals surface area contributed by atoms with Crippen LogP contribution in [0.25, 0.3) is 16.7 Å². The van der Waals surface area contributed by atoms with Gasteiger partial charge in [-0.2, -0.15) is 8.78 Å². The predicted molar refractivity (Wildman–Crippen MR) is 94.9 cm³/mol. The van der Waals surface area contributed by atoms with Gasteiger partial charge >= 0.3 is 5.92 Å². The van der Waals surface area contributed by atoms with Crippen LogP contribution in [0.3, 0.4) is 0 Å². The van der Waals surface area contributed by atoms with Gasteiger partial charge in [0.2, 0.25) is 11.7 Å². The molecule has 0 saturated carbocycles. The fourth-order valence-electron chi connectivity index (χ4n) is 2.63. The van der Waals surface area contributed by atoms with Gasteiger partial charge in [-0.15, -0.1) is 0 Å². The molecule has 0 aliphatic rings. The first-order valence-electron chi connectivity index (χ1n) is 7.90. The molecule has 0 saturated heterocycles. The van der Waals surface area contributed by atoms with E-state index in [0.717, 1.165) is 10.9 Å². The number of pyridine rings is 1. The molecule has 0 bridgehead atoms. The first kappa shape index (κ1) is 18.2.